The summed E-state index contributed by atoms with van der Waals surface area (Å²) < 4.78 is 13.0. The van der Waals surface area contributed by atoms with E-state index in [2.05, 4.69) is 24.5 Å². The molecular formula is C18H28ClFN2O. The van der Waals surface area contributed by atoms with Gasteiger partial charge in [-0.3, -0.25) is 4.79 Å². The summed E-state index contributed by atoms with van der Waals surface area (Å²) in [4.78, 5) is 12.2. The monoisotopic (exact) mass is 342 g/mol. The summed E-state index contributed by atoms with van der Waals surface area (Å²) in [6.45, 7) is 6.33. The molecule has 3 nitrogen and oxygen atoms in total. The number of amides is 1. The minimum atomic E-state index is -0.223. The highest BCUT2D eigenvalue weighted by atomic mass is 35.5. The molecule has 2 atom stereocenters. The van der Waals surface area contributed by atoms with Gasteiger partial charge in [0.1, 0.15) is 5.82 Å². The number of benzene rings is 1. The molecule has 1 saturated heterocycles. The Bertz CT molecular complexity index is 472. The SMILES string of the molecule is CC(C)C(Cc1ccc(F)cc1)NC(=O)CCC1CCNC1.Cl. The third-order valence-corrected chi connectivity index (χ3v) is 4.46. The highest BCUT2D eigenvalue weighted by Crippen LogP contribution is 2.15. The predicted molar refractivity (Wildman–Crippen MR) is 94.3 cm³/mol. The fourth-order valence-electron chi connectivity index (χ4n) is 2.90. The van der Waals surface area contributed by atoms with Gasteiger partial charge in [-0.1, -0.05) is 26.0 Å². The lowest BCUT2D eigenvalue weighted by atomic mass is 9.95. The van der Waals surface area contributed by atoms with Gasteiger partial charge in [0.15, 0.2) is 0 Å². The number of carbonyl (C=O) groups is 1. The van der Waals surface area contributed by atoms with Crippen LogP contribution in [-0.2, 0) is 11.2 Å². The van der Waals surface area contributed by atoms with Gasteiger partial charge in [-0.25, -0.2) is 4.39 Å². The molecule has 1 aromatic rings. The molecule has 0 aliphatic carbocycles. The lowest BCUT2D eigenvalue weighted by Crippen LogP contribution is -2.40. The first-order valence-corrected chi connectivity index (χ1v) is 8.29. The van der Waals surface area contributed by atoms with E-state index < -0.39 is 0 Å². The Labute approximate surface area is 144 Å². The summed E-state index contributed by atoms with van der Waals surface area (Å²) in [7, 11) is 0. The highest BCUT2D eigenvalue weighted by Gasteiger charge is 2.19. The van der Waals surface area contributed by atoms with Crippen molar-refractivity contribution < 1.29 is 9.18 Å². The van der Waals surface area contributed by atoms with E-state index in [-0.39, 0.29) is 30.2 Å². The van der Waals surface area contributed by atoms with Crippen molar-refractivity contribution in [2.24, 2.45) is 11.8 Å². The van der Waals surface area contributed by atoms with Crippen molar-refractivity contribution >= 4 is 18.3 Å². The largest absolute Gasteiger partial charge is 0.353 e. The van der Waals surface area contributed by atoms with Gasteiger partial charge in [0.05, 0.1) is 0 Å². The van der Waals surface area contributed by atoms with E-state index >= 15 is 0 Å². The molecule has 0 spiro atoms. The quantitative estimate of drug-likeness (QED) is 0.798. The van der Waals surface area contributed by atoms with Gasteiger partial charge < -0.3 is 10.6 Å². The van der Waals surface area contributed by atoms with Crippen LogP contribution in [0.25, 0.3) is 0 Å². The standard InChI is InChI=1S/C18H27FN2O.ClH/c1-13(2)17(11-14-3-6-16(19)7-4-14)21-18(22)8-5-15-9-10-20-12-15;/h3-4,6-7,13,15,17,20H,5,8-12H2,1-2H3,(H,21,22);1H. The highest BCUT2D eigenvalue weighted by molar-refractivity contribution is 5.85. The molecule has 2 unspecified atom stereocenters. The average Bonchev–Trinajstić information content (AvgIpc) is 3.00. The fourth-order valence-corrected chi connectivity index (χ4v) is 2.90. The molecule has 0 aromatic heterocycles. The van der Waals surface area contributed by atoms with Gasteiger partial charge in [0.25, 0.3) is 0 Å². The molecule has 23 heavy (non-hydrogen) atoms. The van der Waals surface area contributed by atoms with E-state index in [1.807, 2.05) is 0 Å². The second-order valence-electron chi connectivity index (χ2n) is 6.65. The van der Waals surface area contributed by atoms with Crippen LogP contribution >= 0.6 is 12.4 Å². The van der Waals surface area contributed by atoms with Crippen molar-refractivity contribution in [2.75, 3.05) is 13.1 Å². The van der Waals surface area contributed by atoms with Gasteiger partial charge in [0.2, 0.25) is 5.91 Å². The first-order chi connectivity index (χ1) is 10.5. The second kappa shape index (κ2) is 9.89. The number of hydrogen-bond donors (Lipinski definition) is 2. The van der Waals surface area contributed by atoms with Crippen LogP contribution in [0.3, 0.4) is 0 Å². The van der Waals surface area contributed by atoms with Crippen LogP contribution in [0.15, 0.2) is 24.3 Å². The molecule has 0 saturated carbocycles. The molecule has 1 aromatic carbocycles. The van der Waals surface area contributed by atoms with Gasteiger partial charge in [-0.2, -0.15) is 0 Å². The summed E-state index contributed by atoms with van der Waals surface area (Å²) in [5, 5.41) is 6.48. The summed E-state index contributed by atoms with van der Waals surface area (Å²) in [6.07, 6.45) is 3.48. The topological polar surface area (TPSA) is 41.1 Å². The zero-order valence-corrected chi connectivity index (χ0v) is 14.8. The van der Waals surface area contributed by atoms with Crippen LogP contribution in [0.2, 0.25) is 0 Å². The molecule has 1 fully saturated rings. The first kappa shape index (κ1) is 19.9. The van der Waals surface area contributed by atoms with E-state index in [0.29, 0.717) is 18.3 Å². The second-order valence-corrected chi connectivity index (χ2v) is 6.65. The van der Waals surface area contributed by atoms with Gasteiger partial charge in [0, 0.05) is 12.5 Å². The van der Waals surface area contributed by atoms with E-state index in [4.69, 9.17) is 0 Å². The number of nitrogens with one attached hydrogen (secondary N) is 2. The van der Waals surface area contributed by atoms with Crippen molar-refractivity contribution in [1.29, 1.82) is 0 Å². The summed E-state index contributed by atoms with van der Waals surface area (Å²) in [5.74, 6) is 0.897. The Kier molecular flexibility index (Phi) is 8.56. The molecule has 1 aliphatic heterocycles. The smallest absolute Gasteiger partial charge is 0.220 e. The van der Waals surface area contributed by atoms with Crippen LogP contribution in [0.4, 0.5) is 4.39 Å². The Morgan fingerprint density at radius 1 is 1.35 bits per heavy atom. The molecular weight excluding hydrogens is 315 g/mol. The number of carbonyl (C=O) groups excluding carboxylic acids is 1. The van der Waals surface area contributed by atoms with Crippen LogP contribution in [-0.4, -0.2) is 25.0 Å². The number of rotatable bonds is 7. The molecule has 2 rings (SSSR count). The van der Waals surface area contributed by atoms with Crippen LogP contribution in [0.5, 0.6) is 0 Å². The molecule has 1 heterocycles. The molecule has 1 aliphatic rings. The van der Waals surface area contributed by atoms with Crippen LogP contribution < -0.4 is 10.6 Å². The maximum atomic E-state index is 13.0. The van der Waals surface area contributed by atoms with Crippen molar-refractivity contribution in [3.05, 3.63) is 35.6 Å². The van der Waals surface area contributed by atoms with Crippen LogP contribution in [0.1, 0.15) is 38.7 Å². The Morgan fingerprint density at radius 2 is 2.04 bits per heavy atom. The van der Waals surface area contributed by atoms with Crippen molar-refractivity contribution in [3.63, 3.8) is 0 Å². The molecule has 130 valence electrons. The Morgan fingerprint density at radius 3 is 2.61 bits per heavy atom. The fraction of sp³-hybridized carbons (Fsp3) is 0.611. The predicted octanol–water partition coefficient (Wildman–Crippen LogP) is 3.32. The average molecular weight is 343 g/mol. The van der Waals surface area contributed by atoms with Gasteiger partial charge in [-0.15, -0.1) is 12.4 Å². The maximum absolute atomic E-state index is 13.0. The zero-order chi connectivity index (χ0) is 15.9. The third-order valence-electron chi connectivity index (χ3n) is 4.46. The molecule has 0 radical (unpaired) electrons. The lowest BCUT2D eigenvalue weighted by Gasteiger charge is -2.23. The summed E-state index contributed by atoms with van der Waals surface area (Å²) in [6, 6.07) is 6.63. The summed E-state index contributed by atoms with van der Waals surface area (Å²) in [5.41, 5.74) is 1.06. The maximum Gasteiger partial charge on any atom is 0.220 e. The van der Waals surface area contributed by atoms with Crippen LogP contribution in [0, 0.1) is 17.7 Å². The number of halogens is 2. The zero-order valence-electron chi connectivity index (χ0n) is 14.0. The minimum Gasteiger partial charge on any atom is -0.353 e. The Hall–Kier alpha value is -1.13. The van der Waals surface area contributed by atoms with E-state index in [9.17, 15) is 9.18 Å². The first-order valence-electron chi connectivity index (χ1n) is 8.29. The summed E-state index contributed by atoms with van der Waals surface area (Å²) >= 11 is 0. The van der Waals surface area contributed by atoms with Crippen molar-refractivity contribution in [3.8, 4) is 0 Å². The minimum absolute atomic E-state index is 0. The molecule has 5 heteroatoms. The van der Waals surface area contributed by atoms with Gasteiger partial charge >= 0.3 is 0 Å². The van der Waals surface area contributed by atoms with Gasteiger partial charge in [-0.05, 0) is 61.9 Å². The molecule has 0 bridgehead atoms. The van der Waals surface area contributed by atoms with E-state index in [1.165, 1.54) is 18.6 Å². The van der Waals surface area contributed by atoms with E-state index in [1.54, 1.807) is 12.1 Å². The van der Waals surface area contributed by atoms with E-state index in [0.717, 1.165) is 31.5 Å². The third kappa shape index (κ3) is 6.88. The molecule has 1 amide bonds. The lowest BCUT2D eigenvalue weighted by molar-refractivity contribution is -0.122. The molecule has 2 N–H and O–H groups in total. The van der Waals surface area contributed by atoms with Crippen molar-refractivity contribution in [1.82, 2.24) is 10.6 Å². The van der Waals surface area contributed by atoms with Crippen molar-refractivity contribution in [2.45, 2.75) is 45.6 Å². The number of hydrogen-bond acceptors (Lipinski definition) is 2. The Balaban J connectivity index is 0.00000264. The normalized spacial score (nSPS) is 18.5.